The van der Waals surface area contributed by atoms with Gasteiger partial charge in [0.15, 0.2) is 0 Å². The number of carbonyl (C=O) groups is 1. The van der Waals surface area contributed by atoms with Gasteiger partial charge in [0, 0.05) is 12.1 Å². The minimum absolute atomic E-state index is 0.0118. The minimum Gasteiger partial charge on any atom is -0.487 e. The highest BCUT2D eigenvalue weighted by Gasteiger charge is 2.15. The molecule has 0 unspecified atom stereocenters. The quantitative estimate of drug-likeness (QED) is 0.141. The zero-order chi connectivity index (χ0) is 24.7. The van der Waals surface area contributed by atoms with Gasteiger partial charge < -0.3 is 10.1 Å². The molecule has 0 radical (unpaired) electrons. The second kappa shape index (κ2) is 11.6. The molecule has 0 aliphatic rings. The average Bonchev–Trinajstić information content (AvgIpc) is 2.82. The molecule has 3 rings (SSSR count). The van der Waals surface area contributed by atoms with Crippen molar-refractivity contribution in [2.45, 2.75) is 19.6 Å². The first kappa shape index (κ1) is 25.1. The van der Waals surface area contributed by atoms with E-state index < -0.39 is 10.8 Å². The molecule has 0 aliphatic heterocycles. The van der Waals surface area contributed by atoms with Gasteiger partial charge in [-0.1, -0.05) is 30.3 Å². The lowest BCUT2D eigenvalue weighted by molar-refractivity contribution is -0.384. The van der Waals surface area contributed by atoms with E-state index in [-0.39, 0.29) is 23.9 Å². The second-order valence-corrected chi connectivity index (χ2v) is 9.01. The molecule has 7 nitrogen and oxygen atoms in total. The van der Waals surface area contributed by atoms with Crippen LogP contribution in [0.15, 0.2) is 81.2 Å². The van der Waals surface area contributed by atoms with Gasteiger partial charge in [-0.15, -0.1) is 0 Å². The first-order valence-electron chi connectivity index (χ1n) is 10.1. The highest BCUT2D eigenvalue weighted by Crippen LogP contribution is 2.36. The van der Waals surface area contributed by atoms with E-state index >= 15 is 0 Å². The third-order valence-electron chi connectivity index (χ3n) is 4.87. The first-order valence-corrected chi connectivity index (χ1v) is 11.7. The van der Waals surface area contributed by atoms with Crippen LogP contribution < -0.4 is 10.1 Å². The largest absolute Gasteiger partial charge is 0.487 e. The summed E-state index contributed by atoms with van der Waals surface area (Å²) in [6.45, 7) is 2.06. The Balaban J connectivity index is 1.72. The molecule has 1 N–H and O–H groups in total. The number of hydrogen-bond acceptors (Lipinski definition) is 5. The van der Waals surface area contributed by atoms with Gasteiger partial charge in [0.05, 0.1) is 19.9 Å². The smallest absolute Gasteiger partial charge is 0.269 e. The molecule has 0 spiro atoms. The van der Waals surface area contributed by atoms with Crippen molar-refractivity contribution in [3.63, 3.8) is 0 Å². The van der Waals surface area contributed by atoms with E-state index in [9.17, 15) is 20.2 Å². The van der Waals surface area contributed by atoms with Gasteiger partial charge in [-0.05, 0) is 85.8 Å². The van der Waals surface area contributed by atoms with Crippen LogP contribution in [0.1, 0.15) is 29.7 Å². The maximum atomic E-state index is 12.6. The summed E-state index contributed by atoms with van der Waals surface area (Å²) in [4.78, 5) is 23.0. The summed E-state index contributed by atoms with van der Waals surface area (Å²) in [5.41, 5.74) is 2.32. The number of benzene rings is 3. The molecule has 0 saturated carbocycles. The van der Waals surface area contributed by atoms with Gasteiger partial charge in [0.2, 0.25) is 0 Å². The van der Waals surface area contributed by atoms with Crippen molar-refractivity contribution < 1.29 is 14.5 Å². The van der Waals surface area contributed by atoms with Crippen molar-refractivity contribution >= 4 is 49.5 Å². The fourth-order valence-corrected chi connectivity index (χ4v) is 4.54. The van der Waals surface area contributed by atoms with Crippen LogP contribution >= 0.6 is 31.9 Å². The Kier molecular flexibility index (Phi) is 8.57. The maximum absolute atomic E-state index is 12.6. The topological polar surface area (TPSA) is 105 Å². The van der Waals surface area contributed by atoms with E-state index in [2.05, 4.69) is 37.2 Å². The number of nitro benzene ring substituents is 1. The number of carbonyl (C=O) groups excluding carboxylic acids is 1. The van der Waals surface area contributed by atoms with E-state index in [0.29, 0.717) is 20.3 Å². The highest BCUT2D eigenvalue weighted by molar-refractivity contribution is 9.11. The Morgan fingerprint density at radius 3 is 2.32 bits per heavy atom. The number of nitriles is 1. The van der Waals surface area contributed by atoms with Gasteiger partial charge in [-0.25, -0.2) is 0 Å². The molecule has 34 heavy (non-hydrogen) atoms. The number of non-ortho nitro benzene ring substituents is 1. The number of rotatable bonds is 8. The summed E-state index contributed by atoms with van der Waals surface area (Å²) in [5.74, 6) is 0.0563. The summed E-state index contributed by atoms with van der Waals surface area (Å²) in [5, 5.41) is 23.1. The zero-order valence-electron chi connectivity index (χ0n) is 18.0. The zero-order valence-corrected chi connectivity index (χ0v) is 21.2. The van der Waals surface area contributed by atoms with Crippen molar-refractivity contribution in [3.8, 4) is 11.8 Å². The lowest BCUT2D eigenvalue weighted by Crippen LogP contribution is -2.27. The monoisotopic (exact) mass is 583 g/mol. The van der Waals surface area contributed by atoms with Crippen molar-refractivity contribution in [1.29, 1.82) is 5.26 Å². The SMILES string of the molecule is C[C@@H](NC(=O)/C(C#N)=C\c1cc(Br)c(OCc2ccc([N+](=O)[O-])cc2)c(Br)c1)c1ccccc1. The van der Waals surface area contributed by atoms with Crippen LogP contribution in [-0.2, 0) is 11.4 Å². The number of nitro groups is 1. The van der Waals surface area contributed by atoms with Gasteiger partial charge in [-0.2, -0.15) is 5.26 Å². The van der Waals surface area contributed by atoms with Crippen LogP contribution in [0.2, 0.25) is 0 Å². The highest BCUT2D eigenvalue weighted by atomic mass is 79.9. The lowest BCUT2D eigenvalue weighted by atomic mass is 10.1. The standard InChI is InChI=1S/C25H19Br2N3O4/c1-16(19-5-3-2-4-6-19)29-25(31)20(14-28)11-18-12-22(26)24(23(27)13-18)34-15-17-7-9-21(10-8-17)30(32)33/h2-13,16H,15H2,1H3,(H,29,31)/b20-11-/t16-/m1/s1. The normalized spacial score (nSPS) is 11.9. The molecule has 1 amide bonds. The Hall–Kier alpha value is -3.48. The van der Waals surface area contributed by atoms with E-state index in [1.807, 2.05) is 43.3 Å². The summed E-state index contributed by atoms with van der Waals surface area (Å²) in [6, 6.07) is 20.8. The summed E-state index contributed by atoms with van der Waals surface area (Å²) in [6.07, 6.45) is 1.50. The Labute approximate surface area is 213 Å². The van der Waals surface area contributed by atoms with Crippen molar-refractivity contribution in [2.24, 2.45) is 0 Å². The van der Waals surface area contributed by atoms with Crippen LogP contribution in [0, 0.1) is 21.4 Å². The minimum atomic E-state index is -0.468. The number of nitrogens with zero attached hydrogens (tertiary/aromatic N) is 2. The number of hydrogen-bond donors (Lipinski definition) is 1. The van der Waals surface area contributed by atoms with Gasteiger partial charge >= 0.3 is 0 Å². The lowest BCUT2D eigenvalue weighted by Gasteiger charge is -2.14. The van der Waals surface area contributed by atoms with Crippen LogP contribution in [0.5, 0.6) is 5.75 Å². The molecule has 3 aromatic rings. The Morgan fingerprint density at radius 2 is 1.76 bits per heavy atom. The second-order valence-electron chi connectivity index (χ2n) is 7.30. The fraction of sp³-hybridized carbons (Fsp3) is 0.120. The van der Waals surface area contributed by atoms with E-state index in [1.165, 1.54) is 18.2 Å². The first-order chi connectivity index (χ1) is 16.3. The molecular weight excluding hydrogens is 566 g/mol. The van der Waals surface area contributed by atoms with Crippen LogP contribution in [0.3, 0.4) is 0 Å². The molecule has 9 heteroatoms. The number of nitrogens with one attached hydrogen (secondary N) is 1. The molecular formula is C25H19Br2N3O4. The molecule has 3 aromatic carbocycles. The predicted molar refractivity (Wildman–Crippen MR) is 136 cm³/mol. The molecule has 172 valence electrons. The molecule has 1 atom stereocenters. The van der Waals surface area contributed by atoms with Gasteiger partial charge in [0.1, 0.15) is 24.0 Å². The van der Waals surface area contributed by atoms with Crippen LogP contribution in [-0.4, -0.2) is 10.8 Å². The Bertz CT molecular complexity index is 1250. The molecule has 0 aromatic heterocycles. The summed E-state index contributed by atoms with van der Waals surface area (Å²) >= 11 is 6.93. The summed E-state index contributed by atoms with van der Waals surface area (Å²) in [7, 11) is 0. The predicted octanol–water partition coefficient (Wildman–Crippen LogP) is 6.48. The number of halogens is 2. The third kappa shape index (κ3) is 6.53. The molecule has 0 bridgehead atoms. The molecule has 0 saturated heterocycles. The van der Waals surface area contributed by atoms with Crippen LogP contribution in [0.25, 0.3) is 6.08 Å². The number of amides is 1. The summed E-state index contributed by atoms with van der Waals surface area (Å²) < 4.78 is 7.09. The van der Waals surface area contributed by atoms with Crippen molar-refractivity contribution in [2.75, 3.05) is 0 Å². The van der Waals surface area contributed by atoms with E-state index in [1.54, 1.807) is 24.3 Å². The van der Waals surface area contributed by atoms with Gasteiger partial charge in [-0.3, -0.25) is 14.9 Å². The van der Waals surface area contributed by atoms with Crippen molar-refractivity contribution in [3.05, 3.63) is 108 Å². The number of ether oxygens (including phenoxy) is 1. The molecule has 0 aliphatic carbocycles. The molecule has 0 heterocycles. The van der Waals surface area contributed by atoms with Gasteiger partial charge in [0.25, 0.3) is 11.6 Å². The third-order valence-corrected chi connectivity index (χ3v) is 6.05. The fourth-order valence-electron chi connectivity index (χ4n) is 3.08. The Morgan fingerprint density at radius 1 is 1.15 bits per heavy atom. The maximum Gasteiger partial charge on any atom is 0.269 e. The average molecular weight is 585 g/mol. The van der Waals surface area contributed by atoms with Crippen LogP contribution in [0.4, 0.5) is 5.69 Å². The van der Waals surface area contributed by atoms with E-state index in [4.69, 9.17) is 4.74 Å². The van der Waals surface area contributed by atoms with Crippen molar-refractivity contribution in [1.82, 2.24) is 5.32 Å². The van der Waals surface area contributed by atoms with E-state index in [0.717, 1.165) is 11.1 Å². The molecule has 0 fully saturated rings.